The van der Waals surface area contributed by atoms with Gasteiger partial charge in [0, 0.05) is 63.6 Å². The SMILES string of the molecule is CNC(=O)[C@@](C)(C(=O)NOC1CCCCO1)N(C)C(=O)c1ccc(C#Cc2ccc([C@@H](COCCCOC3CCCCO3)OC3CCCCO3)cc2)cc1. The lowest BCUT2D eigenvalue weighted by atomic mass is 9.96. The summed E-state index contributed by atoms with van der Waals surface area (Å²) in [6, 6.07) is 14.6. The van der Waals surface area contributed by atoms with Crippen molar-refractivity contribution in [3.63, 3.8) is 0 Å². The van der Waals surface area contributed by atoms with E-state index >= 15 is 0 Å². The van der Waals surface area contributed by atoms with Gasteiger partial charge in [0.1, 0.15) is 6.10 Å². The van der Waals surface area contributed by atoms with Crippen molar-refractivity contribution in [3.05, 3.63) is 70.8 Å². The zero-order valence-electron chi connectivity index (χ0n) is 31.8. The first kappa shape index (κ1) is 41.3. The van der Waals surface area contributed by atoms with Gasteiger partial charge in [-0.2, -0.15) is 0 Å². The fourth-order valence-corrected chi connectivity index (χ4v) is 6.32. The zero-order chi connectivity index (χ0) is 38.2. The molecule has 0 saturated carbocycles. The molecule has 0 radical (unpaired) electrons. The van der Waals surface area contributed by atoms with Gasteiger partial charge in [-0.05, 0) is 107 Å². The van der Waals surface area contributed by atoms with Crippen LogP contribution in [0.5, 0.6) is 0 Å². The van der Waals surface area contributed by atoms with Crippen LogP contribution in [0.15, 0.2) is 48.5 Å². The van der Waals surface area contributed by atoms with Gasteiger partial charge in [0.05, 0.1) is 13.2 Å². The Hall–Kier alpha value is -3.87. The van der Waals surface area contributed by atoms with E-state index in [9.17, 15) is 14.4 Å². The summed E-state index contributed by atoms with van der Waals surface area (Å²) in [7, 11) is 2.80. The molecule has 0 aromatic heterocycles. The van der Waals surface area contributed by atoms with Gasteiger partial charge in [0.2, 0.25) is 0 Å². The molecule has 2 aromatic carbocycles. The maximum absolute atomic E-state index is 13.5. The molecule has 2 aromatic rings. The summed E-state index contributed by atoms with van der Waals surface area (Å²) in [5.41, 5.74) is 3.18. The largest absolute Gasteiger partial charge is 0.378 e. The lowest BCUT2D eigenvalue weighted by molar-refractivity contribution is -0.204. The number of benzene rings is 2. The molecule has 3 fully saturated rings. The number of hydrogen-bond acceptors (Lipinski definition) is 10. The quantitative estimate of drug-likeness (QED) is 0.107. The molecule has 0 spiro atoms. The smallest absolute Gasteiger partial charge is 0.279 e. The van der Waals surface area contributed by atoms with E-state index in [1.165, 1.54) is 21.0 Å². The van der Waals surface area contributed by atoms with Crippen LogP contribution in [-0.2, 0) is 42.8 Å². The Labute approximate surface area is 318 Å². The van der Waals surface area contributed by atoms with Gasteiger partial charge in [0.25, 0.3) is 17.7 Å². The average Bonchev–Trinajstić information content (AvgIpc) is 3.23. The number of amides is 3. The number of hydrogen-bond donors (Lipinski definition) is 2. The topological polar surface area (TPSA) is 143 Å². The van der Waals surface area contributed by atoms with Crippen molar-refractivity contribution >= 4 is 17.7 Å². The predicted octanol–water partition coefficient (Wildman–Crippen LogP) is 4.77. The van der Waals surface area contributed by atoms with E-state index in [0.717, 1.165) is 80.4 Å². The van der Waals surface area contributed by atoms with Crippen LogP contribution in [0.3, 0.4) is 0 Å². The van der Waals surface area contributed by atoms with Crippen LogP contribution in [0.2, 0.25) is 0 Å². The van der Waals surface area contributed by atoms with Crippen molar-refractivity contribution in [2.75, 3.05) is 53.7 Å². The molecule has 3 saturated heterocycles. The fourth-order valence-electron chi connectivity index (χ4n) is 6.32. The van der Waals surface area contributed by atoms with E-state index in [1.807, 2.05) is 24.3 Å². The van der Waals surface area contributed by atoms with Crippen molar-refractivity contribution in [1.29, 1.82) is 0 Å². The van der Waals surface area contributed by atoms with Gasteiger partial charge in [0.15, 0.2) is 24.4 Å². The highest BCUT2D eigenvalue weighted by atomic mass is 16.8. The van der Waals surface area contributed by atoms with Crippen molar-refractivity contribution in [3.8, 4) is 11.8 Å². The Morgan fingerprint density at radius 2 is 1.37 bits per heavy atom. The standard InChI is InChI=1S/C41H55N3O10/c1-41(39(46)42-2,40(47)43-54-37-13-6-9-27-52-37)44(3)38(45)33-22-18-31(19-23-33)15-14-30-16-20-32(21-17-30)34(53-36-12-5-8-26-51-36)29-48-24-10-28-50-35-11-4-7-25-49-35/h16-23,34-37H,4-13,24-29H2,1-3H3,(H,42,46)(H,43,47)/t34-,35?,36?,37?,41+/m1/s1. The lowest BCUT2D eigenvalue weighted by Gasteiger charge is -2.36. The number of nitrogens with zero attached hydrogens (tertiary/aromatic N) is 1. The zero-order valence-corrected chi connectivity index (χ0v) is 31.8. The van der Waals surface area contributed by atoms with Gasteiger partial charge >= 0.3 is 0 Å². The summed E-state index contributed by atoms with van der Waals surface area (Å²) in [6.45, 7) is 4.88. The lowest BCUT2D eigenvalue weighted by Crippen LogP contribution is -2.65. The molecule has 0 aliphatic carbocycles. The molecule has 54 heavy (non-hydrogen) atoms. The van der Waals surface area contributed by atoms with Gasteiger partial charge in [-0.25, -0.2) is 10.3 Å². The number of likely N-dealkylation sites (N-methyl/N-ethyl adjacent to an activating group) is 2. The second kappa shape index (κ2) is 21.3. The molecule has 13 nitrogen and oxygen atoms in total. The van der Waals surface area contributed by atoms with Gasteiger partial charge in [-0.1, -0.05) is 24.0 Å². The Morgan fingerprint density at radius 1 is 0.796 bits per heavy atom. The van der Waals surface area contributed by atoms with Gasteiger partial charge in [-0.15, -0.1) is 0 Å². The fraction of sp³-hybridized carbons (Fsp3) is 0.585. The molecular weight excluding hydrogens is 694 g/mol. The molecule has 3 amide bonds. The third-order valence-corrected chi connectivity index (χ3v) is 9.87. The highest BCUT2D eigenvalue weighted by molar-refractivity contribution is 6.12. The molecule has 5 atom stereocenters. The third kappa shape index (κ3) is 11.8. The van der Waals surface area contributed by atoms with Gasteiger partial charge < -0.3 is 38.6 Å². The number of rotatable bonds is 16. The second-order valence-corrected chi connectivity index (χ2v) is 13.8. The normalized spacial score (nSPS) is 21.8. The van der Waals surface area contributed by atoms with Crippen LogP contribution in [0.4, 0.5) is 0 Å². The van der Waals surface area contributed by atoms with E-state index in [2.05, 4.69) is 22.6 Å². The minimum Gasteiger partial charge on any atom is -0.378 e. The van der Waals surface area contributed by atoms with E-state index in [0.29, 0.717) is 45.0 Å². The summed E-state index contributed by atoms with van der Waals surface area (Å²) < 4.78 is 35.2. The first-order chi connectivity index (χ1) is 26.3. The van der Waals surface area contributed by atoms with Crippen LogP contribution in [0.1, 0.15) is 104 Å². The van der Waals surface area contributed by atoms with E-state index in [4.69, 9.17) is 33.3 Å². The second-order valence-electron chi connectivity index (χ2n) is 13.8. The average molecular weight is 750 g/mol. The van der Waals surface area contributed by atoms with E-state index < -0.39 is 29.6 Å². The first-order valence-electron chi connectivity index (χ1n) is 19.2. The van der Waals surface area contributed by atoms with Crippen LogP contribution < -0.4 is 10.8 Å². The Morgan fingerprint density at radius 3 is 1.94 bits per heavy atom. The first-order valence-corrected chi connectivity index (χ1v) is 19.2. The minimum atomic E-state index is -1.90. The number of hydroxylamine groups is 1. The molecule has 0 bridgehead atoms. The van der Waals surface area contributed by atoms with E-state index in [-0.39, 0.29) is 24.2 Å². The summed E-state index contributed by atoms with van der Waals surface area (Å²) in [4.78, 5) is 46.2. The van der Waals surface area contributed by atoms with Crippen molar-refractivity contribution in [2.24, 2.45) is 0 Å². The summed E-state index contributed by atoms with van der Waals surface area (Å²) in [5.74, 6) is 4.33. The monoisotopic (exact) mass is 749 g/mol. The number of carbonyl (C=O) groups is 3. The molecule has 13 heteroatoms. The molecule has 3 heterocycles. The Bertz CT molecular complexity index is 1540. The van der Waals surface area contributed by atoms with E-state index in [1.54, 1.807) is 24.3 Å². The summed E-state index contributed by atoms with van der Waals surface area (Å²) >= 11 is 0. The predicted molar refractivity (Wildman–Crippen MR) is 199 cm³/mol. The molecule has 294 valence electrons. The van der Waals surface area contributed by atoms with Crippen molar-refractivity contribution < 1.29 is 47.6 Å². The third-order valence-electron chi connectivity index (χ3n) is 9.87. The number of ether oxygens (including phenoxy) is 6. The Balaban J connectivity index is 1.16. The molecule has 5 rings (SSSR count). The highest BCUT2D eigenvalue weighted by Gasteiger charge is 2.47. The minimum absolute atomic E-state index is 0.0993. The van der Waals surface area contributed by atoms with Crippen LogP contribution in [-0.4, -0.2) is 101 Å². The highest BCUT2D eigenvalue weighted by Crippen LogP contribution is 2.25. The Kier molecular flexibility index (Phi) is 16.3. The maximum Gasteiger partial charge on any atom is 0.279 e. The molecule has 3 unspecified atom stereocenters. The van der Waals surface area contributed by atoms with Crippen molar-refractivity contribution in [1.82, 2.24) is 15.7 Å². The summed E-state index contributed by atoms with van der Waals surface area (Å²) in [6.07, 6.45) is 8.06. The molecule has 2 N–H and O–H groups in total. The van der Waals surface area contributed by atoms with Crippen LogP contribution >= 0.6 is 0 Å². The molecular formula is C41H55N3O10. The van der Waals surface area contributed by atoms with Crippen LogP contribution in [0, 0.1) is 11.8 Å². The molecule has 3 aliphatic heterocycles. The number of nitrogens with one attached hydrogen (secondary N) is 2. The number of carbonyl (C=O) groups excluding carboxylic acids is 3. The maximum atomic E-state index is 13.5. The van der Waals surface area contributed by atoms with Crippen molar-refractivity contribution in [2.45, 2.75) is 102 Å². The summed E-state index contributed by atoms with van der Waals surface area (Å²) in [5, 5.41) is 2.48. The molecule has 3 aliphatic rings. The van der Waals surface area contributed by atoms with Crippen LogP contribution in [0.25, 0.3) is 0 Å². The van der Waals surface area contributed by atoms with Gasteiger partial charge in [-0.3, -0.25) is 14.4 Å².